The van der Waals surface area contributed by atoms with Gasteiger partial charge < -0.3 is 9.64 Å². The molecule has 0 saturated carbocycles. The summed E-state index contributed by atoms with van der Waals surface area (Å²) in [5.74, 6) is -0.892. The van der Waals surface area contributed by atoms with E-state index in [9.17, 15) is 23.3 Å². The Morgan fingerprint density at radius 2 is 1.84 bits per heavy atom. The van der Waals surface area contributed by atoms with Gasteiger partial charge in [0, 0.05) is 25.8 Å². The lowest BCUT2D eigenvalue weighted by Gasteiger charge is -2.47. The number of allylic oxidation sites excluding steroid dienone is 1. The van der Waals surface area contributed by atoms with E-state index in [-0.39, 0.29) is 17.9 Å². The number of likely N-dealkylation sites (tertiary alicyclic amines) is 1. The fourth-order valence-electron chi connectivity index (χ4n) is 5.43. The van der Waals surface area contributed by atoms with Crippen LogP contribution in [0, 0.1) is 17.2 Å². The van der Waals surface area contributed by atoms with Gasteiger partial charge in [-0.2, -0.15) is 5.26 Å². The average Bonchev–Trinajstić information content (AvgIpc) is 3.36. The summed E-state index contributed by atoms with van der Waals surface area (Å²) < 4.78 is 33.8. The first kappa shape index (κ1) is 30.9. The summed E-state index contributed by atoms with van der Waals surface area (Å²) in [6.07, 6.45) is 3.82. The number of nitriles is 1. The van der Waals surface area contributed by atoms with Gasteiger partial charge in [-0.25, -0.2) is 27.9 Å². The topological polar surface area (TPSA) is 157 Å². The smallest absolute Gasteiger partial charge is 0.410 e. The minimum absolute atomic E-state index is 0.0852. The first-order valence-electron chi connectivity index (χ1n) is 14.3. The van der Waals surface area contributed by atoms with Crippen molar-refractivity contribution in [3.8, 4) is 6.07 Å². The van der Waals surface area contributed by atoms with E-state index in [1.165, 1.54) is 18.3 Å². The highest BCUT2D eigenvalue weighted by molar-refractivity contribution is 7.89. The van der Waals surface area contributed by atoms with Gasteiger partial charge in [0.15, 0.2) is 0 Å². The molecule has 12 nitrogen and oxygen atoms in total. The van der Waals surface area contributed by atoms with E-state index in [2.05, 4.69) is 26.2 Å². The highest BCUT2D eigenvalue weighted by atomic mass is 32.2. The van der Waals surface area contributed by atoms with Gasteiger partial charge in [-0.3, -0.25) is 15.2 Å². The number of aliphatic imine (C=N–C) groups is 2. The number of nitrogens with zero attached hydrogens (tertiary/aromatic N) is 5. The van der Waals surface area contributed by atoms with Crippen molar-refractivity contribution in [1.29, 1.82) is 5.26 Å². The number of carbonyl (C=O) groups excluding carboxylic acids is 2. The van der Waals surface area contributed by atoms with Crippen molar-refractivity contribution < 1.29 is 22.7 Å². The Labute approximate surface area is 257 Å². The van der Waals surface area contributed by atoms with Gasteiger partial charge >= 0.3 is 6.09 Å². The predicted molar refractivity (Wildman–Crippen MR) is 164 cm³/mol. The van der Waals surface area contributed by atoms with Crippen LogP contribution < -0.4 is 10.1 Å². The molecule has 1 atom stereocenters. The Hall–Kier alpha value is -4.54. The Balaban J connectivity index is 1.36. The fraction of sp³-hybridized carbons (Fsp3) is 0.387. The minimum atomic E-state index is -3.76. The van der Waals surface area contributed by atoms with Crippen molar-refractivity contribution in [2.24, 2.45) is 15.9 Å². The third-order valence-corrected chi connectivity index (χ3v) is 9.10. The molecule has 0 radical (unpaired) electrons. The van der Waals surface area contributed by atoms with Gasteiger partial charge in [0.25, 0.3) is 5.91 Å². The van der Waals surface area contributed by atoms with E-state index in [0.717, 1.165) is 5.56 Å². The van der Waals surface area contributed by atoms with Crippen LogP contribution in [0.25, 0.3) is 0 Å². The molecule has 2 amide bonds. The lowest BCUT2D eigenvalue weighted by molar-refractivity contribution is -0.119. The number of hydrogen-bond acceptors (Lipinski definition) is 8. The van der Waals surface area contributed by atoms with E-state index in [1.807, 2.05) is 56.1 Å². The SMILES string of the molecule is CC(C)(C)OC(=O)N1CCC(CC#N)(N2NC(=Nc3ccc(S(=O)(=O)NCc4ccccc4)cc3)C3C(=O)N=CC=C32)CC1. The molecular formula is C31H35N7O5S. The van der Waals surface area contributed by atoms with Crippen molar-refractivity contribution in [3.63, 3.8) is 0 Å². The second-order valence-electron chi connectivity index (χ2n) is 11.9. The number of fused-ring (bicyclic) bond motifs is 1. The number of nitrogens with one attached hydrogen (secondary N) is 2. The van der Waals surface area contributed by atoms with Crippen molar-refractivity contribution in [2.45, 2.75) is 62.6 Å². The van der Waals surface area contributed by atoms with Gasteiger partial charge in [0.1, 0.15) is 17.4 Å². The van der Waals surface area contributed by atoms with Crippen molar-refractivity contribution in [1.82, 2.24) is 20.1 Å². The third-order valence-electron chi connectivity index (χ3n) is 7.68. The molecule has 2 fully saturated rings. The van der Waals surface area contributed by atoms with Crippen LogP contribution in [0.4, 0.5) is 10.5 Å². The second-order valence-corrected chi connectivity index (χ2v) is 13.7. The zero-order chi connectivity index (χ0) is 31.5. The molecule has 0 aliphatic carbocycles. The molecule has 2 aromatic rings. The average molecular weight is 618 g/mol. The summed E-state index contributed by atoms with van der Waals surface area (Å²) in [5.41, 5.74) is 3.82. The van der Waals surface area contributed by atoms with Crippen LogP contribution in [0.2, 0.25) is 0 Å². The maximum atomic E-state index is 13.0. The molecular weight excluding hydrogens is 582 g/mol. The minimum Gasteiger partial charge on any atom is -0.444 e. The monoisotopic (exact) mass is 617 g/mol. The van der Waals surface area contributed by atoms with Crippen molar-refractivity contribution in [3.05, 3.63) is 71.9 Å². The Morgan fingerprint density at radius 3 is 2.48 bits per heavy atom. The number of hydrogen-bond donors (Lipinski definition) is 2. The number of amides is 2. The molecule has 2 aromatic carbocycles. The number of hydrazine groups is 1. The maximum Gasteiger partial charge on any atom is 0.410 e. The highest BCUT2D eigenvalue weighted by Crippen LogP contribution is 2.40. The molecule has 3 aliphatic heterocycles. The van der Waals surface area contributed by atoms with E-state index < -0.39 is 39.1 Å². The number of rotatable bonds is 7. The van der Waals surface area contributed by atoms with E-state index in [0.29, 0.717) is 43.2 Å². The number of ether oxygens (including phenoxy) is 1. The van der Waals surface area contributed by atoms with Crippen LogP contribution in [0.1, 0.15) is 45.6 Å². The molecule has 0 spiro atoms. The van der Waals surface area contributed by atoms with Gasteiger partial charge in [0.2, 0.25) is 10.0 Å². The number of carbonyl (C=O) groups is 2. The molecule has 0 bridgehead atoms. The molecule has 2 saturated heterocycles. The number of dihydropyridines is 1. The largest absolute Gasteiger partial charge is 0.444 e. The van der Waals surface area contributed by atoms with Crippen LogP contribution in [0.5, 0.6) is 0 Å². The Kier molecular flexibility index (Phi) is 8.58. The Morgan fingerprint density at radius 1 is 1.16 bits per heavy atom. The molecule has 3 aliphatic rings. The van der Waals surface area contributed by atoms with E-state index in [4.69, 9.17) is 4.74 Å². The summed E-state index contributed by atoms with van der Waals surface area (Å²) in [6.45, 7) is 6.34. The van der Waals surface area contributed by atoms with Crippen LogP contribution in [-0.2, 0) is 26.1 Å². The maximum absolute atomic E-state index is 13.0. The number of benzene rings is 2. The van der Waals surface area contributed by atoms with Gasteiger partial charge in [-0.15, -0.1) is 0 Å². The molecule has 44 heavy (non-hydrogen) atoms. The normalized spacial score (nSPS) is 20.5. The molecule has 3 heterocycles. The summed E-state index contributed by atoms with van der Waals surface area (Å²) in [4.78, 5) is 36.1. The second kappa shape index (κ2) is 12.2. The standard InChI is InChI=1S/C31H35N7O5S/c1-30(2,3)43-29(40)37-19-15-31(14-17-32,16-20-37)38-25-13-18-33-28(39)26(25)27(36-38)35-23-9-11-24(12-10-23)44(41,42)34-21-22-7-5-4-6-8-22/h4-13,18,26,34H,14-16,19-21H2,1-3H3,(H,35,36). The number of piperidine rings is 1. The molecule has 2 N–H and O–H groups in total. The van der Waals surface area contributed by atoms with Crippen LogP contribution in [0.15, 0.2) is 81.3 Å². The van der Waals surface area contributed by atoms with Gasteiger partial charge in [-0.1, -0.05) is 30.3 Å². The van der Waals surface area contributed by atoms with Crippen LogP contribution >= 0.6 is 0 Å². The van der Waals surface area contributed by atoms with E-state index >= 15 is 0 Å². The van der Waals surface area contributed by atoms with Gasteiger partial charge in [-0.05, 0) is 69.5 Å². The lowest BCUT2D eigenvalue weighted by Crippen LogP contribution is -2.58. The Bertz CT molecular complexity index is 1650. The quantitative estimate of drug-likeness (QED) is 0.475. The number of amidine groups is 1. The van der Waals surface area contributed by atoms with E-state index in [1.54, 1.807) is 23.1 Å². The lowest BCUT2D eigenvalue weighted by atomic mass is 9.83. The first-order valence-corrected chi connectivity index (χ1v) is 15.8. The van der Waals surface area contributed by atoms with Crippen molar-refractivity contribution in [2.75, 3.05) is 13.1 Å². The summed E-state index contributed by atoms with van der Waals surface area (Å²) in [5, 5.41) is 11.6. The highest BCUT2D eigenvalue weighted by Gasteiger charge is 2.50. The molecule has 5 rings (SSSR count). The predicted octanol–water partition coefficient (Wildman–Crippen LogP) is 3.81. The first-order chi connectivity index (χ1) is 20.9. The van der Waals surface area contributed by atoms with Crippen LogP contribution in [0.3, 0.4) is 0 Å². The van der Waals surface area contributed by atoms with Crippen LogP contribution in [-0.4, -0.2) is 66.6 Å². The zero-order valence-corrected chi connectivity index (χ0v) is 25.7. The molecule has 0 aromatic heterocycles. The molecule has 1 unspecified atom stereocenters. The zero-order valence-electron chi connectivity index (χ0n) is 24.9. The van der Waals surface area contributed by atoms with Crippen molar-refractivity contribution >= 4 is 39.8 Å². The fourth-order valence-corrected chi connectivity index (χ4v) is 6.44. The summed E-state index contributed by atoms with van der Waals surface area (Å²) >= 11 is 0. The third kappa shape index (κ3) is 6.66. The summed E-state index contributed by atoms with van der Waals surface area (Å²) in [6, 6.07) is 17.6. The van der Waals surface area contributed by atoms with Gasteiger partial charge in [0.05, 0.1) is 34.3 Å². The summed E-state index contributed by atoms with van der Waals surface area (Å²) in [7, 11) is -3.76. The molecule has 13 heteroatoms. The number of sulfonamides is 1. The molecule has 230 valence electrons.